The molecule has 1 aliphatic rings. The molecule has 0 radical (unpaired) electrons. The van der Waals surface area contributed by atoms with Gasteiger partial charge in [0, 0.05) is 0 Å². The topological polar surface area (TPSA) is 84.9 Å². The molecule has 0 unspecified atom stereocenters. The minimum absolute atomic E-state index is 0.0762. The molecule has 0 aliphatic carbocycles. The van der Waals surface area contributed by atoms with E-state index in [0.29, 0.717) is 11.4 Å². The Labute approximate surface area is 165 Å². The molecule has 2 aromatic rings. The van der Waals surface area contributed by atoms with Gasteiger partial charge in [-0.15, -0.1) is 0 Å². The third kappa shape index (κ3) is 4.75. The monoisotopic (exact) mass is 404 g/mol. The summed E-state index contributed by atoms with van der Waals surface area (Å²) in [5, 5.41) is 2.82. The summed E-state index contributed by atoms with van der Waals surface area (Å²) in [6.45, 7) is 4.02. The summed E-state index contributed by atoms with van der Waals surface area (Å²) in [7, 11) is -3.54. The van der Waals surface area contributed by atoms with Gasteiger partial charge in [0.15, 0.2) is 6.10 Å². The maximum absolute atomic E-state index is 12.6. The molecule has 2 atom stereocenters. The number of hydrogen-bond acceptors (Lipinski definition) is 5. The van der Waals surface area contributed by atoms with Crippen molar-refractivity contribution >= 4 is 21.6 Å². The van der Waals surface area contributed by atoms with Gasteiger partial charge in [0.2, 0.25) is 10.0 Å². The number of nitrogens with one attached hydrogen (secondary N) is 1. The van der Waals surface area contributed by atoms with Crippen LogP contribution in [0, 0.1) is 6.92 Å². The molecule has 1 aliphatic heterocycles. The van der Waals surface area contributed by atoms with Crippen LogP contribution >= 0.6 is 0 Å². The number of amides is 1. The van der Waals surface area contributed by atoms with Crippen molar-refractivity contribution in [1.29, 1.82) is 0 Å². The van der Waals surface area contributed by atoms with E-state index in [9.17, 15) is 13.2 Å². The largest absolute Gasteiger partial charge is 0.491 e. The average molecular weight is 404 g/mol. The fourth-order valence-electron chi connectivity index (χ4n) is 2.89. The molecule has 1 amide bonds. The van der Waals surface area contributed by atoms with E-state index >= 15 is 0 Å². The van der Waals surface area contributed by atoms with E-state index in [4.69, 9.17) is 9.47 Å². The number of anilines is 1. The summed E-state index contributed by atoms with van der Waals surface area (Å²) in [6, 6.07) is 14.1. The van der Waals surface area contributed by atoms with E-state index in [1.807, 2.05) is 38.1 Å². The van der Waals surface area contributed by atoms with Crippen molar-refractivity contribution in [3.8, 4) is 11.5 Å². The smallest absolute Gasteiger partial charge is 0.263 e. The summed E-state index contributed by atoms with van der Waals surface area (Å²) in [5.41, 5.74) is 1.57. The van der Waals surface area contributed by atoms with Gasteiger partial charge in [-0.25, -0.2) is 8.42 Å². The van der Waals surface area contributed by atoms with Crippen molar-refractivity contribution in [2.75, 3.05) is 23.7 Å². The second-order valence-electron chi connectivity index (χ2n) is 6.90. The highest BCUT2D eigenvalue weighted by molar-refractivity contribution is 7.92. The minimum Gasteiger partial charge on any atom is -0.491 e. The number of ether oxygens (including phenoxy) is 2. The van der Waals surface area contributed by atoms with Crippen LogP contribution in [-0.4, -0.2) is 45.9 Å². The number of nitrogens with zero attached hydrogens (tertiary/aromatic N) is 1. The number of rotatable bonds is 6. The van der Waals surface area contributed by atoms with Crippen LogP contribution in [0.1, 0.15) is 12.5 Å². The molecule has 0 aromatic heterocycles. The van der Waals surface area contributed by atoms with Crippen LogP contribution in [0.2, 0.25) is 0 Å². The first kappa shape index (κ1) is 20.0. The van der Waals surface area contributed by atoms with Crippen molar-refractivity contribution in [1.82, 2.24) is 5.32 Å². The van der Waals surface area contributed by atoms with Gasteiger partial charge in [0.05, 0.1) is 24.5 Å². The maximum atomic E-state index is 12.6. The van der Waals surface area contributed by atoms with Gasteiger partial charge in [-0.1, -0.05) is 29.8 Å². The highest BCUT2D eigenvalue weighted by Gasteiger charge is 2.35. The standard InChI is InChI=1S/C20H24N2O5S/c1-14-8-10-16(11-9-14)26-13-15(2)21-20(23)19-12-22(28(3,24)25)17-6-4-5-7-18(17)27-19/h4-11,15,19H,12-13H2,1-3H3,(H,21,23)/t15-,19+/m1/s1. The molecular formula is C20H24N2O5S. The lowest BCUT2D eigenvalue weighted by atomic mass is 10.2. The quantitative estimate of drug-likeness (QED) is 0.797. The number of para-hydroxylation sites is 2. The van der Waals surface area contributed by atoms with Crippen molar-refractivity contribution < 1.29 is 22.7 Å². The molecule has 0 fully saturated rings. The van der Waals surface area contributed by atoms with Gasteiger partial charge in [-0.2, -0.15) is 0 Å². The Morgan fingerprint density at radius 3 is 2.61 bits per heavy atom. The third-order valence-corrected chi connectivity index (χ3v) is 5.48. The molecule has 28 heavy (non-hydrogen) atoms. The van der Waals surface area contributed by atoms with Crippen LogP contribution < -0.4 is 19.1 Å². The maximum Gasteiger partial charge on any atom is 0.263 e. The number of aryl methyl sites for hydroxylation is 1. The number of fused-ring (bicyclic) bond motifs is 1. The lowest BCUT2D eigenvalue weighted by Gasteiger charge is -2.34. The fourth-order valence-corrected chi connectivity index (χ4v) is 3.80. The molecule has 150 valence electrons. The fraction of sp³-hybridized carbons (Fsp3) is 0.350. The lowest BCUT2D eigenvalue weighted by Crippen LogP contribution is -2.52. The van der Waals surface area contributed by atoms with Gasteiger partial charge >= 0.3 is 0 Å². The summed E-state index contributed by atoms with van der Waals surface area (Å²) < 4.78 is 36.9. The number of carbonyl (C=O) groups is 1. The highest BCUT2D eigenvalue weighted by Crippen LogP contribution is 2.34. The van der Waals surface area contributed by atoms with E-state index in [1.54, 1.807) is 24.3 Å². The van der Waals surface area contributed by atoms with Crippen LogP contribution in [0.4, 0.5) is 5.69 Å². The zero-order chi connectivity index (χ0) is 20.3. The molecule has 0 saturated carbocycles. The summed E-state index contributed by atoms with van der Waals surface area (Å²) >= 11 is 0. The molecule has 1 heterocycles. The van der Waals surface area contributed by atoms with Gasteiger partial charge in [-0.3, -0.25) is 9.10 Å². The third-order valence-electron chi connectivity index (χ3n) is 4.34. The summed E-state index contributed by atoms with van der Waals surface area (Å²) in [5.74, 6) is 0.698. The number of hydrogen-bond donors (Lipinski definition) is 1. The minimum atomic E-state index is -3.54. The van der Waals surface area contributed by atoms with Crippen LogP contribution in [0.5, 0.6) is 11.5 Å². The molecule has 0 bridgehead atoms. The van der Waals surface area contributed by atoms with E-state index in [0.717, 1.165) is 17.6 Å². The van der Waals surface area contributed by atoms with E-state index in [-0.39, 0.29) is 25.1 Å². The van der Waals surface area contributed by atoms with Crippen molar-refractivity contribution in [2.45, 2.75) is 26.0 Å². The Morgan fingerprint density at radius 2 is 1.93 bits per heavy atom. The van der Waals surface area contributed by atoms with E-state index < -0.39 is 16.1 Å². The highest BCUT2D eigenvalue weighted by atomic mass is 32.2. The molecular weight excluding hydrogens is 380 g/mol. The SMILES string of the molecule is Cc1ccc(OC[C@@H](C)NC(=O)[C@@H]2CN(S(C)(=O)=O)c3ccccc3O2)cc1. The summed E-state index contributed by atoms with van der Waals surface area (Å²) in [4.78, 5) is 12.6. The first-order valence-electron chi connectivity index (χ1n) is 8.97. The first-order valence-corrected chi connectivity index (χ1v) is 10.8. The van der Waals surface area contributed by atoms with Crippen molar-refractivity contribution in [3.05, 3.63) is 54.1 Å². The normalized spacial score (nSPS) is 17.2. The Kier molecular flexibility index (Phi) is 5.79. The second-order valence-corrected chi connectivity index (χ2v) is 8.81. The Morgan fingerprint density at radius 1 is 1.25 bits per heavy atom. The molecule has 0 spiro atoms. The van der Waals surface area contributed by atoms with Crippen LogP contribution in [-0.2, 0) is 14.8 Å². The zero-order valence-electron chi connectivity index (χ0n) is 16.1. The second kappa shape index (κ2) is 8.10. The molecule has 1 N–H and O–H groups in total. The summed E-state index contributed by atoms with van der Waals surface area (Å²) in [6.07, 6.45) is 0.175. The molecule has 2 aromatic carbocycles. The Bertz CT molecular complexity index is 943. The predicted molar refractivity (Wildman–Crippen MR) is 107 cm³/mol. The van der Waals surface area contributed by atoms with E-state index in [1.165, 1.54) is 4.31 Å². The first-order chi connectivity index (χ1) is 13.2. The predicted octanol–water partition coefficient (Wildman–Crippen LogP) is 2.11. The van der Waals surface area contributed by atoms with Crippen molar-refractivity contribution in [3.63, 3.8) is 0 Å². The Hall–Kier alpha value is -2.74. The molecule has 3 rings (SSSR count). The van der Waals surface area contributed by atoms with E-state index in [2.05, 4.69) is 5.32 Å². The van der Waals surface area contributed by atoms with Crippen LogP contribution in [0.15, 0.2) is 48.5 Å². The average Bonchev–Trinajstić information content (AvgIpc) is 2.66. The zero-order valence-corrected chi connectivity index (χ0v) is 16.9. The molecule has 8 heteroatoms. The number of carbonyl (C=O) groups excluding carboxylic acids is 1. The van der Waals surface area contributed by atoms with Gasteiger partial charge in [0.1, 0.15) is 18.1 Å². The molecule has 0 saturated heterocycles. The number of sulfonamides is 1. The number of benzene rings is 2. The van der Waals surface area contributed by atoms with Crippen LogP contribution in [0.3, 0.4) is 0 Å². The van der Waals surface area contributed by atoms with Crippen LogP contribution in [0.25, 0.3) is 0 Å². The Balaban J connectivity index is 1.63. The van der Waals surface area contributed by atoms with Gasteiger partial charge in [-0.05, 0) is 38.1 Å². The molecule has 7 nitrogen and oxygen atoms in total. The van der Waals surface area contributed by atoms with Crippen molar-refractivity contribution in [2.24, 2.45) is 0 Å². The van der Waals surface area contributed by atoms with Gasteiger partial charge < -0.3 is 14.8 Å². The lowest BCUT2D eigenvalue weighted by molar-refractivity contribution is -0.128. The van der Waals surface area contributed by atoms with Gasteiger partial charge in [0.25, 0.3) is 5.91 Å².